The molecular formula is C20H32Cl2N4O3. The Morgan fingerprint density at radius 2 is 1.72 bits per heavy atom. The molecule has 1 aromatic carbocycles. The minimum atomic E-state index is -0.401. The third-order valence-corrected chi connectivity index (χ3v) is 5.59. The van der Waals surface area contributed by atoms with E-state index in [0.29, 0.717) is 6.54 Å². The third-order valence-electron chi connectivity index (χ3n) is 5.59. The van der Waals surface area contributed by atoms with Gasteiger partial charge in [0, 0.05) is 24.7 Å². The van der Waals surface area contributed by atoms with Crippen LogP contribution in [0.1, 0.15) is 31.2 Å². The maximum atomic E-state index is 12.3. The lowest BCUT2D eigenvalue weighted by molar-refractivity contribution is -0.126. The van der Waals surface area contributed by atoms with Crippen LogP contribution in [0.2, 0.25) is 0 Å². The predicted octanol–water partition coefficient (Wildman–Crippen LogP) is 1.71. The number of likely N-dealkylation sites (tertiary alicyclic amines) is 1. The maximum absolute atomic E-state index is 12.3. The molecular weight excluding hydrogens is 415 g/mol. The Morgan fingerprint density at radius 3 is 2.28 bits per heavy atom. The Balaban J connectivity index is 0.00000210. The van der Waals surface area contributed by atoms with E-state index in [-0.39, 0.29) is 48.7 Å². The molecule has 2 atom stereocenters. The molecule has 0 spiro atoms. The van der Waals surface area contributed by atoms with Gasteiger partial charge < -0.3 is 26.4 Å². The zero-order valence-electron chi connectivity index (χ0n) is 16.5. The molecule has 0 aromatic heterocycles. The van der Waals surface area contributed by atoms with Crippen molar-refractivity contribution in [3.05, 3.63) is 29.8 Å². The van der Waals surface area contributed by atoms with Crippen LogP contribution >= 0.6 is 24.8 Å². The second-order valence-electron chi connectivity index (χ2n) is 7.51. The van der Waals surface area contributed by atoms with Crippen molar-refractivity contribution in [3.63, 3.8) is 0 Å². The van der Waals surface area contributed by atoms with Crippen molar-refractivity contribution in [1.82, 2.24) is 4.90 Å². The highest BCUT2D eigenvalue weighted by molar-refractivity contribution is 5.94. The molecule has 2 heterocycles. The fourth-order valence-electron chi connectivity index (χ4n) is 3.78. The van der Waals surface area contributed by atoms with Crippen LogP contribution in [-0.4, -0.2) is 55.1 Å². The fraction of sp³-hybridized carbons (Fsp3) is 0.600. The molecule has 0 unspecified atom stereocenters. The van der Waals surface area contributed by atoms with Gasteiger partial charge in [-0.25, -0.2) is 0 Å². The summed E-state index contributed by atoms with van der Waals surface area (Å²) in [4.78, 5) is 25.9. The van der Waals surface area contributed by atoms with Gasteiger partial charge >= 0.3 is 0 Å². The lowest BCUT2D eigenvalue weighted by Crippen LogP contribution is -2.39. The van der Waals surface area contributed by atoms with Crippen LogP contribution < -0.4 is 16.8 Å². The van der Waals surface area contributed by atoms with Gasteiger partial charge in [0.15, 0.2) is 0 Å². The van der Waals surface area contributed by atoms with Crippen LogP contribution in [-0.2, 0) is 20.7 Å². The monoisotopic (exact) mass is 446 g/mol. The van der Waals surface area contributed by atoms with Crippen LogP contribution in [0.25, 0.3) is 0 Å². The number of benzene rings is 1. The molecule has 2 saturated heterocycles. The van der Waals surface area contributed by atoms with Crippen molar-refractivity contribution in [2.24, 2.45) is 17.4 Å². The summed E-state index contributed by atoms with van der Waals surface area (Å²) in [6.45, 7) is 3.27. The average molecular weight is 447 g/mol. The molecule has 29 heavy (non-hydrogen) atoms. The second-order valence-corrected chi connectivity index (χ2v) is 7.51. The molecule has 164 valence electrons. The maximum Gasteiger partial charge on any atom is 0.253 e. The SMILES string of the molecule is Cl.Cl.NC[C@H]1CC[C@@H](C(=O)Nc2ccc(CCN3CCC(C(N)=O)CC3)cc2)O1. The second kappa shape index (κ2) is 12.3. The molecule has 0 bridgehead atoms. The van der Waals surface area contributed by atoms with Crippen LogP contribution in [0.3, 0.4) is 0 Å². The normalized spacial score (nSPS) is 22.4. The minimum Gasteiger partial charge on any atom is -0.369 e. The first-order chi connectivity index (χ1) is 13.0. The van der Waals surface area contributed by atoms with Crippen LogP contribution in [0.4, 0.5) is 5.69 Å². The van der Waals surface area contributed by atoms with Gasteiger partial charge in [0.05, 0.1) is 6.10 Å². The summed E-state index contributed by atoms with van der Waals surface area (Å²) >= 11 is 0. The van der Waals surface area contributed by atoms with E-state index in [1.165, 1.54) is 5.56 Å². The van der Waals surface area contributed by atoms with E-state index in [0.717, 1.165) is 57.4 Å². The standard InChI is InChI=1S/C20H30N4O3.2ClH/c21-13-17-5-6-18(27-17)20(26)23-16-3-1-14(2-4-16)7-10-24-11-8-15(9-12-24)19(22)25;;/h1-4,15,17-18H,5-13,21H2,(H2,22,25)(H,23,26);2*1H/t17-,18+;;/m1../s1. The molecule has 5 N–H and O–H groups in total. The molecule has 9 heteroatoms. The molecule has 0 radical (unpaired) electrons. The Bertz CT molecular complexity index is 652. The zero-order valence-corrected chi connectivity index (χ0v) is 18.2. The van der Waals surface area contributed by atoms with Crippen molar-refractivity contribution in [1.29, 1.82) is 0 Å². The first-order valence-electron chi connectivity index (χ1n) is 9.82. The van der Waals surface area contributed by atoms with Gasteiger partial charge in [0.1, 0.15) is 6.10 Å². The summed E-state index contributed by atoms with van der Waals surface area (Å²) in [5, 5.41) is 2.92. The first kappa shape index (κ1) is 25.7. The number of amides is 2. The van der Waals surface area contributed by atoms with E-state index in [9.17, 15) is 9.59 Å². The van der Waals surface area contributed by atoms with E-state index < -0.39 is 6.10 Å². The number of hydrogen-bond donors (Lipinski definition) is 3. The molecule has 2 aliphatic rings. The number of piperidine rings is 1. The van der Waals surface area contributed by atoms with Gasteiger partial charge in [-0.1, -0.05) is 12.1 Å². The largest absolute Gasteiger partial charge is 0.369 e. The summed E-state index contributed by atoms with van der Waals surface area (Å²) < 4.78 is 5.62. The van der Waals surface area contributed by atoms with Gasteiger partial charge in [0.25, 0.3) is 5.91 Å². The molecule has 3 rings (SSSR count). The predicted molar refractivity (Wildman–Crippen MR) is 119 cm³/mol. The first-order valence-corrected chi connectivity index (χ1v) is 9.82. The lowest BCUT2D eigenvalue weighted by atomic mass is 9.96. The smallest absolute Gasteiger partial charge is 0.253 e. The topological polar surface area (TPSA) is 111 Å². The summed E-state index contributed by atoms with van der Waals surface area (Å²) in [7, 11) is 0. The Kier molecular flexibility index (Phi) is 10.9. The minimum absolute atomic E-state index is 0. The summed E-state index contributed by atoms with van der Waals surface area (Å²) in [5.41, 5.74) is 13.0. The Hall–Kier alpha value is -1.38. The summed E-state index contributed by atoms with van der Waals surface area (Å²) in [5.74, 6) is -0.238. The highest BCUT2D eigenvalue weighted by atomic mass is 35.5. The zero-order chi connectivity index (χ0) is 19.2. The van der Waals surface area contributed by atoms with Crippen LogP contribution in [0.5, 0.6) is 0 Å². The van der Waals surface area contributed by atoms with E-state index in [2.05, 4.69) is 10.2 Å². The Morgan fingerprint density at radius 1 is 1.07 bits per heavy atom. The summed E-state index contributed by atoms with van der Waals surface area (Å²) in [6, 6.07) is 7.96. The number of nitrogens with two attached hydrogens (primary N) is 2. The van der Waals surface area contributed by atoms with Gasteiger partial charge in [-0.2, -0.15) is 0 Å². The van der Waals surface area contributed by atoms with Gasteiger partial charge in [0.2, 0.25) is 5.91 Å². The van der Waals surface area contributed by atoms with E-state index in [1.807, 2.05) is 24.3 Å². The number of nitrogens with one attached hydrogen (secondary N) is 1. The molecule has 0 aliphatic carbocycles. The van der Waals surface area contributed by atoms with Crippen molar-refractivity contribution in [2.75, 3.05) is 31.5 Å². The molecule has 0 saturated carbocycles. The number of hydrogen-bond acceptors (Lipinski definition) is 5. The highest BCUT2D eigenvalue weighted by Gasteiger charge is 2.29. The number of rotatable bonds is 7. The number of anilines is 1. The third kappa shape index (κ3) is 7.42. The van der Waals surface area contributed by atoms with E-state index in [1.54, 1.807) is 0 Å². The lowest BCUT2D eigenvalue weighted by Gasteiger charge is -2.30. The van der Waals surface area contributed by atoms with Gasteiger partial charge in [-0.05, 0) is 62.9 Å². The average Bonchev–Trinajstić information content (AvgIpc) is 3.17. The number of primary amides is 1. The van der Waals surface area contributed by atoms with Gasteiger partial charge in [-0.3, -0.25) is 9.59 Å². The molecule has 2 amide bonds. The van der Waals surface area contributed by atoms with Gasteiger partial charge in [-0.15, -0.1) is 24.8 Å². The molecule has 1 aromatic rings. The van der Waals surface area contributed by atoms with Crippen molar-refractivity contribution >= 4 is 42.3 Å². The van der Waals surface area contributed by atoms with E-state index in [4.69, 9.17) is 16.2 Å². The summed E-state index contributed by atoms with van der Waals surface area (Å²) in [6.07, 6.45) is 3.81. The van der Waals surface area contributed by atoms with Crippen LogP contribution in [0, 0.1) is 5.92 Å². The number of carbonyl (C=O) groups excluding carboxylic acids is 2. The van der Waals surface area contributed by atoms with Crippen LogP contribution in [0.15, 0.2) is 24.3 Å². The number of carbonyl (C=O) groups is 2. The molecule has 2 fully saturated rings. The quantitative estimate of drug-likeness (QED) is 0.590. The highest BCUT2D eigenvalue weighted by Crippen LogP contribution is 2.21. The number of nitrogens with zero attached hydrogens (tertiary/aromatic N) is 1. The number of ether oxygens (including phenoxy) is 1. The van der Waals surface area contributed by atoms with Crippen molar-refractivity contribution < 1.29 is 14.3 Å². The Labute approximate surface area is 184 Å². The van der Waals surface area contributed by atoms with Crippen molar-refractivity contribution in [2.45, 2.75) is 44.3 Å². The fourth-order valence-corrected chi connectivity index (χ4v) is 3.78. The molecule has 7 nitrogen and oxygen atoms in total. The molecule has 2 aliphatic heterocycles. The van der Waals surface area contributed by atoms with E-state index >= 15 is 0 Å². The van der Waals surface area contributed by atoms with Crippen molar-refractivity contribution in [3.8, 4) is 0 Å². The number of halogens is 2.